The third-order valence-electron chi connectivity index (χ3n) is 3.23. The van der Waals surface area contributed by atoms with Crippen LogP contribution in [-0.4, -0.2) is 34.3 Å². The van der Waals surface area contributed by atoms with Crippen molar-refractivity contribution in [2.75, 3.05) is 6.54 Å². The average molecular weight is 273 g/mol. The summed E-state index contributed by atoms with van der Waals surface area (Å²) in [5, 5.41) is 8.60. The van der Waals surface area contributed by atoms with Crippen molar-refractivity contribution in [3.63, 3.8) is 0 Å². The highest BCUT2D eigenvalue weighted by atomic mass is 16.4. The highest BCUT2D eigenvalue weighted by Crippen LogP contribution is 2.22. The summed E-state index contributed by atoms with van der Waals surface area (Å²) in [7, 11) is 0. The van der Waals surface area contributed by atoms with E-state index < -0.39 is 5.97 Å². The van der Waals surface area contributed by atoms with Gasteiger partial charge in [0.1, 0.15) is 0 Å². The molecule has 1 N–H and O–H groups in total. The number of carbonyl (C=O) groups excluding carboxylic acids is 2. The van der Waals surface area contributed by atoms with Gasteiger partial charge in [0, 0.05) is 13.0 Å². The Kier molecular flexibility index (Phi) is 3.98. The normalized spacial score (nSPS) is 14.7. The molecule has 0 spiro atoms. The quantitative estimate of drug-likeness (QED) is 0.658. The molecule has 0 atom stereocenters. The molecule has 104 valence electrons. The van der Waals surface area contributed by atoms with Crippen molar-refractivity contribution in [3.05, 3.63) is 47.0 Å². The highest BCUT2D eigenvalue weighted by molar-refractivity contribution is 6.21. The molecule has 20 heavy (non-hydrogen) atoms. The minimum absolute atomic E-state index is 0.0461. The molecule has 0 fully saturated rings. The van der Waals surface area contributed by atoms with Gasteiger partial charge in [-0.25, -0.2) is 0 Å². The second-order valence-electron chi connectivity index (χ2n) is 4.71. The van der Waals surface area contributed by atoms with Gasteiger partial charge in [-0.1, -0.05) is 23.8 Å². The molecule has 0 aliphatic carbocycles. The number of carbonyl (C=O) groups is 3. The molecule has 0 saturated heterocycles. The van der Waals surface area contributed by atoms with E-state index in [1.807, 2.05) is 0 Å². The molecule has 1 aromatic rings. The number of allylic oxidation sites excluding steroid dienone is 1. The van der Waals surface area contributed by atoms with Crippen molar-refractivity contribution in [1.82, 2.24) is 4.90 Å². The molecule has 0 aromatic heterocycles. The molecule has 0 unspecified atom stereocenters. The standard InChI is InChI=1S/C15H15NO4/c1-10(6-7-13(17)18)8-9-16-14(19)11-4-2-3-5-12(11)15(16)20/h2-5,8H,6-7,9H2,1H3,(H,17,18). The summed E-state index contributed by atoms with van der Waals surface area (Å²) in [6, 6.07) is 6.72. The van der Waals surface area contributed by atoms with Crippen LogP contribution in [0.15, 0.2) is 35.9 Å². The molecule has 5 heteroatoms. The zero-order valence-corrected chi connectivity index (χ0v) is 11.1. The van der Waals surface area contributed by atoms with Gasteiger partial charge in [0.2, 0.25) is 0 Å². The fraction of sp³-hybridized carbons (Fsp3) is 0.267. The Morgan fingerprint density at radius 3 is 2.20 bits per heavy atom. The van der Waals surface area contributed by atoms with Crippen molar-refractivity contribution in [1.29, 1.82) is 0 Å². The number of hydrogen-bond acceptors (Lipinski definition) is 3. The van der Waals surface area contributed by atoms with Gasteiger partial charge in [0.25, 0.3) is 11.8 Å². The molecule has 0 saturated carbocycles. The Hall–Kier alpha value is -2.43. The summed E-state index contributed by atoms with van der Waals surface area (Å²) < 4.78 is 0. The maximum Gasteiger partial charge on any atom is 0.303 e. The summed E-state index contributed by atoms with van der Waals surface area (Å²) >= 11 is 0. The second kappa shape index (κ2) is 5.69. The number of benzene rings is 1. The van der Waals surface area contributed by atoms with Crippen molar-refractivity contribution in [2.45, 2.75) is 19.8 Å². The predicted octanol–water partition coefficient (Wildman–Crippen LogP) is 2.09. The number of rotatable bonds is 5. The monoisotopic (exact) mass is 273 g/mol. The molecule has 1 aliphatic heterocycles. The van der Waals surface area contributed by atoms with Crippen LogP contribution >= 0.6 is 0 Å². The predicted molar refractivity (Wildman–Crippen MR) is 72.4 cm³/mol. The Bertz CT molecular complexity index is 569. The lowest BCUT2D eigenvalue weighted by Gasteiger charge is -2.11. The second-order valence-corrected chi connectivity index (χ2v) is 4.71. The molecular weight excluding hydrogens is 258 g/mol. The molecule has 1 heterocycles. The van der Waals surface area contributed by atoms with Crippen molar-refractivity contribution < 1.29 is 19.5 Å². The minimum Gasteiger partial charge on any atom is -0.481 e. The van der Waals surface area contributed by atoms with Gasteiger partial charge < -0.3 is 5.11 Å². The van der Waals surface area contributed by atoms with Crippen LogP contribution in [0.3, 0.4) is 0 Å². The van der Waals surface area contributed by atoms with Crippen molar-refractivity contribution in [2.24, 2.45) is 0 Å². The summed E-state index contributed by atoms with van der Waals surface area (Å²) in [4.78, 5) is 35.8. The smallest absolute Gasteiger partial charge is 0.303 e. The maximum atomic E-state index is 12.1. The van der Waals surface area contributed by atoms with Gasteiger partial charge in [0.15, 0.2) is 0 Å². The van der Waals surface area contributed by atoms with Gasteiger partial charge in [-0.15, -0.1) is 0 Å². The van der Waals surface area contributed by atoms with Gasteiger partial charge >= 0.3 is 5.97 Å². The topological polar surface area (TPSA) is 74.7 Å². The van der Waals surface area contributed by atoms with Crippen LogP contribution in [0, 0.1) is 0 Å². The SMILES string of the molecule is CC(=CCN1C(=O)c2ccccc2C1=O)CCC(=O)O. The number of aliphatic carboxylic acids is 1. The first-order valence-corrected chi connectivity index (χ1v) is 6.33. The molecule has 2 rings (SSSR count). The molecule has 0 radical (unpaired) electrons. The average Bonchev–Trinajstić information content (AvgIpc) is 2.67. The van der Waals surface area contributed by atoms with Crippen LogP contribution < -0.4 is 0 Å². The molecular formula is C15H15NO4. The van der Waals surface area contributed by atoms with E-state index in [4.69, 9.17) is 5.11 Å². The lowest BCUT2D eigenvalue weighted by molar-refractivity contribution is -0.136. The first-order valence-electron chi connectivity index (χ1n) is 6.33. The van der Waals surface area contributed by atoms with E-state index in [-0.39, 0.29) is 24.8 Å². The number of nitrogens with zero attached hydrogens (tertiary/aromatic N) is 1. The van der Waals surface area contributed by atoms with Crippen LogP contribution in [0.2, 0.25) is 0 Å². The Morgan fingerprint density at radius 1 is 1.15 bits per heavy atom. The van der Waals surface area contributed by atoms with E-state index in [2.05, 4.69) is 0 Å². The largest absolute Gasteiger partial charge is 0.481 e. The number of imide groups is 1. The van der Waals surface area contributed by atoms with Gasteiger partial charge in [-0.2, -0.15) is 0 Å². The van der Waals surface area contributed by atoms with Crippen LogP contribution in [0.4, 0.5) is 0 Å². The summed E-state index contributed by atoms with van der Waals surface area (Å²) in [6.07, 6.45) is 2.19. The number of carboxylic acids is 1. The van der Waals surface area contributed by atoms with E-state index in [0.29, 0.717) is 17.5 Å². The number of fused-ring (bicyclic) bond motifs is 1. The Labute approximate surface area is 116 Å². The fourth-order valence-electron chi connectivity index (χ4n) is 2.06. The van der Waals surface area contributed by atoms with Crippen LogP contribution in [0.1, 0.15) is 40.5 Å². The highest BCUT2D eigenvalue weighted by Gasteiger charge is 2.34. The van der Waals surface area contributed by atoms with Crippen LogP contribution in [-0.2, 0) is 4.79 Å². The Morgan fingerprint density at radius 2 is 1.70 bits per heavy atom. The van der Waals surface area contributed by atoms with E-state index in [1.165, 1.54) is 4.90 Å². The lowest BCUT2D eigenvalue weighted by atomic mass is 10.1. The molecule has 1 aromatic carbocycles. The summed E-state index contributed by atoms with van der Waals surface area (Å²) in [5.74, 6) is -1.46. The third-order valence-corrected chi connectivity index (χ3v) is 3.23. The van der Waals surface area contributed by atoms with Crippen LogP contribution in [0.5, 0.6) is 0 Å². The minimum atomic E-state index is -0.863. The zero-order chi connectivity index (χ0) is 14.7. The van der Waals surface area contributed by atoms with Gasteiger partial charge in [0.05, 0.1) is 11.1 Å². The van der Waals surface area contributed by atoms with Crippen molar-refractivity contribution >= 4 is 17.8 Å². The van der Waals surface area contributed by atoms with E-state index >= 15 is 0 Å². The fourth-order valence-corrected chi connectivity index (χ4v) is 2.06. The lowest BCUT2D eigenvalue weighted by Crippen LogP contribution is -2.29. The van der Waals surface area contributed by atoms with Crippen molar-refractivity contribution in [3.8, 4) is 0 Å². The molecule has 0 bridgehead atoms. The number of hydrogen-bond donors (Lipinski definition) is 1. The molecule has 1 aliphatic rings. The van der Waals surface area contributed by atoms with Crippen LogP contribution in [0.25, 0.3) is 0 Å². The van der Waals surface area contributed by atoms with Gasteiger partial charge in [-0.3, -0.25) is 19.3 Å². The van der Waals surface area contributed by atoms with E-state index in [1.54, 1.807) is 37.3 Å². The third kappa shape index (κ3) is 2.77. The first kappa shape index (κ1) is 14.0. The maximum absolute atomic E-state index is 12.1. The van der Waals surface area contributed by atoms with E-state index in [0.717, 1.165) is 5.57 Å². The number of carboxylic acid groups (broad SMARTS) is 1. The zero-order valence-electron chi connectivity index (χ0n) is 11.1. The molecule has 2 amide bonds. The van der Waals surface area contributed by atoms with Gasteiger partial charge in [-0.05, 0) is 25.5 Å². The summed E-state index contributed by atoms with van der Waals surface area (Å²) in [6.45, 7) is 1.97. The number of amides is 2. The Balaban J connectivity index is 2.05. The molecule has 5 nitrogen and oxygen atoms in total. The summed E-state index contributed by atoms with van der Waals surface area (Å²) in [5.41, 5.74) is 1.70. The first-order chi connectivity index (χ1) is 9.50. The van der Waals surface area contributed by atoms with E-state index in [9.17, 15) is 14.4 Å².